The normalized spacial score (nSPS) is 22.4. The smallest absolute Gasteiger partial charge is 0.165 e. The zero-order chi connectivity index (χ0) is 20.4. The van der Waals surface area contributed by atoms with Crippen molar-refractivity contribution in [3.63, 3.8) is 0 Å². The van der Waals surface area contributed by atoms with Gasteiger partial charge >= 0.3 is 0 Å². The Bertz CT molecular complexity index is 961. The molecule has 1 saturated carbocycles. The lowest BCUT2D eigenvalue weighted by Crippen LogP contribution is -2.36. The van der Waals surface area contributed by atoms with Gasteiger partial charge in [-0.05, 0) is 55.5 Å². The zero-order valence-electron chi connectivity index (χ0n) is 15.9. The highest BCUT2D eigenvalue weighted by Gasteiger charge is 2.39. The molecule has 1 aliphatic heterocycles. The Kier molecular flexibility index (Phi) is 5.83. The first-order valence-corrected chi connectivity index (χ1v) is 11.5. The van der Waals surface area contributed by atoms with Gasteiger partial charge in [-0.15, -0.1) is 0 Å². The summed E-state index contributed by atoms with van der Waals surface area (Å²) >= 11 is 0. The van der Waals surface area contributed by atoms with Crippen LogP contribution in [0, 0.1) is 23.5 Å². The molecule has 156 valence electrons. The summed E-state index contributed by atoms with van der Waals surface area (Å²) in [6, 6.07) is 7.21. The van der Waals surface area contributed by atoms with Crippen molar-refractivity contribution in [3.05, 3.63) is 48.2 Å². The summed E-state index contributed by atoms with van der Waals surface area (Å²) < 4.78 is 63.4. The second kappa shape index (κ2) is 8.36. The Balaban J connectivity index is 1.41. The first-order chi connectivity index (χ1) is 13.9. The fourth-order valence-corrected chi connectivity index (χ4v) is 5.79. The Morgan fingerprint density at radius 3 is 2.62 bits per heavy atom. The van der Waals surface area contributed by atoms with E-state index in [4.69, 9.17) is 9.47 Å². The van der Waals surface area contributed by atoms with Crippen LogP contribution >= 0.6 is 0 Å². The van der Waals surface area contributed by atoms with E-state index in [1.165, 1.54) is 24.3 Å². The molecule has 0 amide bonds. The summed E-state index contributed by atoms with van der Waals surface area (Å²) in [5.41, 5.74) is 0.979. The van der Waals surface area contributed by atoms with Crippen LogP contribution < -0.4 is 4.74 Å². The highest BCUT2D eigenvalue weighted by molar-refractivity contribution is 7.92. The predicted octanol–water partition coefficient (Wildman–Crippen LogP) is 3.64. The average molecular weight is 423 g/mol. The summed E-state index contributed by atoms with van der Waals surface area (Å²) in [6.07, 6.45) is 3.26. The maximum absolute atomic E-state index is 14.5. The van der Waals surface area contributed by atoms with Gasteiger partial charge in [0, 0.05) is 18.1 Å². The zero-order valence-corrected chi connectivity index (χ0v) is 16.7. The summed E-state index contributed by atoms with van der Waals surface area (Å²) in [6.45, 7) is 1.13. The first kappa shape index (κ1) is 20.2. The summed E-state index contributed by atoms with van der Waals surface area (Å²) in [7, 11) is -3.07. The lowest BCUT2D eigenvalue weighted by molar-refractivity contribution is 0.00391. The van der Waals surface area contributed by atoms with Gasteiger partial charge < -0.3 is 9.47 Å². The molecule has 2 atom stereocenters. The van der Waals surface area contributed by atoms with Crippen molar-refractivity contribution in [2.45, 2.75) is 24.5 Å². The highest BCUT2D eigenvalue weighted by atomic mass is 32.2. The molecular weight excluding hydrogens is 400 g/mol. The van der Waals surface area contributed by atoms with Crippen molar-refractivity contribution in [2.75, 3.05) is 25.6 Å². The van der Waals surface area contributed by atoms with E-state index in [1.54, 1.807) is 6.07 Å². The number of ether oxygens (including phenoxy) is 2. The fraction of sp³-hybridized carbons (Fsp3) is 0.476. The van der Waals surface area contributed by atoms with Crippen molar-refractivity contribution in [1.29, 1.82) is 0 Å². The number of hydrogen-bond acceptors (Lipinski definition) is 5. The van der Waals surface area contributed by atoms with Crippen LogP contribution in [0.3, 0.4) is 0 Å². The van der Waals surface area contributed by atoms with Crippen LogP contribution in [-0.2, 0) is 14.6 Å². The molecule has 2 aromatic rings. The summed E-state index contributed by atoms with van der Waals surface area (Å²) in [5, 5.41) is -0.183. The molecule has 2 aliphatic rings. The third-order valence-electron chi connectivity index (χ3n) is 5.52. The quantitative estimate of drug-likeness (QED) is 0.680. The van der Waals surface area contributed by atoms with E-state index in [1.807, 2.05) is 0 Å². The molecule has 1 unspecified atom stereocenters. The second-order valence-electron chi connectivity index (χ2n) is 7.73. The van der Waals surface area contributed by atoms with Gasteiger partial charge in [0.05, 0.1) is 36.1 Å². The molecule has 5 nitrogen and oxygen atoms in total. The molecule has 0 radical (unpaired) electrons. The molecule has 1 saturated heterocycles. The average Bonchev–Trinajstić information content (AvgIpc) is 3.54. The lowest BCUT2D eigenvalue weighted by Gasteiger charge is -2.31. The first-order valence-electron chi connectivity index (χ1n) is 9.76. The maximum Gasteiger partial charge on any atom is 0.165 e. The minimum Gasteiger partial charge on any atom is -0.490 e. The van der Waals surface area contributed by atoms with Crippen molar-refractivity contribution in [1.82, 2.24) is 4.98 Å². The summed E-state index contributed by atoms with van der Waals surface area (Å²) in [4.78, 5) is 3.95. The van der Waals surface area contributed by atoms with E-state index < -0.39 is 21.5 Å². The van der Waals surface area contributed by atoms with Crippen LogP contribution in [-0.4, -0.2) is 44.2 Å². The molecule has 1 aromatic carbocycles. The largest absolute Gasteiger partial charge is 0.490 e. The third-order valence-corrected chi connectivity index (χ3v) is 7.90. The standard InChI is InChI=1S/C21H23F2NO4S/c22-17-2-5-20(24-10-17)14-1-6-21(19(23)9-14)28-12-16-11-27-8-7-15(16)13-29(25,26)18-3-4-18/h1-2,5-6,9-10,15-16,18H,3-4,7-8,11-13H2/t15?,16-/m1/s1. The molecule has 4 rings (SSSR count). The van der Waals surface area contributed by atoms with Crippen molar-refractivity contribution < 1.29 is 26.7 Å². The predicted molar refractivity (Wildman–Crippen MR) is 104 cm³/mol. The molecule has 0 bridgehead atoms. The van der Waals surface area contributed by atoms with Gasteiger partial charge in [0.25, 0.3) is 0 Å². The molecular formula is C21H23F2NO4S. The monoisotopic (exact) mass is 423 g/mol. The van der Waals surface area contributed by atoms with Gasteiger partial charge in [-0.3, -0.25) is 4.98 Å². The van der Waals surface area contributed by atoms with E-state index >= 15 is 0 Å². The SMILES string of the molecule is O=S(=O)(CC1CCOC[C@@H]1COc1ccc(-c2ccc(F)cn2)cc1F)C1CC1. The van der Waals surface area contributed by atoms with Crippen LogP contribution in [0.25, 0.3) is 11.3 Å². The highest BCUT2D eigenvalue weighted by Crippen LogP contribution is 2.33. The van der Waals surface area contributed by atoms with E-state index in [0.29, 0.717) is 30.9 Å². The number of rotatable bonds is 7. The second-order valence-corrected chi connectivity index (χ2v) is 10.1. The minimum absolute atomic E-state index is 0.0416. The van der Waals surface area contributed by atoms with Crippen LogP contribution in [0.4, 0.5) is 8.78 Å². The van der Waals surface area contributed by atoms with Gasteiger partial charge in [-0.25, -0.2) is 17.2 Å². The number of sulfone groups is 1. The van der Waals surface area contributed by atoms with Gasteiger partial charge in [0.15, 0.2) is 21.4 Å². The lowest BCUT2D eigenvalue weighted by atomic mass is 9.91. The maximum atomic E-state index is 14.5. The van der Waals surface area contributed by atoms with Gasteiger partial charge in [0.1, 0.15) is 5.82 Å². The van der Waals surface area contributed by atoms with Gasteiger partial charge in [-0.1, -0.05) is 0 Å². The molecule has 1 aliphatic carbocycles. The van der Waals surface area contributed by atoms with Crippen LogP contribution in [0.1, 0.15) is 19.3 Å². The van der Waals surface area contributed by atoms with Crippen molar-refractivity contribution in [3.8, 4) is 17.0 Å². The fourth-order valence-electron chi connectivity index (χ4n) is 3.63. The van der Waals surface area contributed by atoms with E-state index in [0.717, 1.165) is 19.0 Å². The molecule has 2 fully saturated rings. The van der Waals surface area contributed by atoms with Crippen molar-refractivity contribution >= 4 is 9.84 Å². The number of hydrogen-bond donors (Lipinski definition) is 0. The van der Waals surface area contributed by atoms with Crippen molar-refractivity contribution in [2.24, 2.45) is 11.8 Å². The number of halogens is 2. The number of pyridine rings is 1. The molecule has 8 heteroatoms. The van der Waals surface area contributed by atoms with Gasteiger partial charge in [0.2, 0.25) is 0 Å². The number of benzene rings is 1. The Labute approximate surface area is 169 Å². The van der Waals surface area contributed by atoms with Crippen LogP contribution in [0.15, 0.2) is 36.5 Å². The van der Waals surface area contributed by atoms with E-state index in [2.05, 4.69) is 4.98 Å². The van der Waals surface area contributed by atoms with Crippen LogP contribution in [0.2, 0.25) is 0 Å². The molecule has 0 N–H and O–H groups in total. The Hall–Kier alpha value is -2.06. The third kappa shape index (κ3) is 4.93. The molecule has 1 aromatic heterocycles. The molecule has 0 spiro atoms. The molecule has 29 heavy (non-hydrogen) atoms. The number of aromatic nitrogens is 1. The molecule has 2 heterocycles. The Morgan fingerprint density at radius 1 is 1.10 bits per heavy atom. The van der Waals surface area contributed by atoms with Crippen LogP contribution in [0.5, 0.6) is 5.75 Å². The van der Waals surface area contributed by atoms with Gasteiger partial charge in [-0.2, -0.15) is 0 Å². The van der Waals surface area contributed by atoms with E-state index in [9.17, 15) is 17.2 Å². The Morgan fingerprint density at radius 2 is 1.93 bits per heavy atom. The minimum atomic E-state index is -3.07. The van der Waals surface area contributed by atoms with E-state index in [-0.39, 0.29) is 35.2 Å². The number of nitrogens with zero attached hydrogens (tertiary/aromatic N) is 1. The topological polar surface area (TPSA) is 65.5 Å². The summed E-state index contributed by atoms with van der Waals surface area (Å²) in [5.74, 6) is -0.915.